The number of fused-ring (bicyclic) bond motifs is 10. The SMILES string of the molecule is c1ccc2c(c1)CCc1ccc3c(c1-2)c1c2ccccc2ccc1n3-c1ccc2ccccc2c1. The van der Waals surface area contributed by atoms with Crippen LogP contribution in [-0.2, 0) is 12.8 Å². The highest BCUT2D eigenvalue weighted by Crippen LogP contribution is 2.45. The summed E-state index contributed by atoms with van der Waals surface area (Å²) in [6.45, 7) is 0. The Labute approximate surface area is 203 Å². The lowest BCUT2D eigenvalue weighted by atomic mass is 9.83. The largest absolute Gasteiger partial charge is 0.309 e. The van der Waals surface area contributed by atoms with Crippen LogP contribution in [0.25, 0.3) is 60.2 Å². The third kappa shape index (κ3) is 2.64. The molecule has 0 bridgehead atoms. The molecular formula is C34H23N. The van der Waals surface area contributed by atoms with E-state index in [4.69, 9.17) is 0 Å². The smallest absolute Gasteiger partial charge is 0.0547 e. The van der Waals surface area contributed by atoms with Gasteiger partial charge in [0.15, 0.2) is 0 Å². The van der Waals surface area contributed by atoms with E-state index in [0.29, 0.717) is 0 Å². The molecule has 0 saturated carbocycles. The Hall–Kier alpha value is -4.36. The molecule has 0 amide bonds. The van der Waals surface area contributed by atoms with E-state index in [0.717, 1.165) is 12.8 Å². The zero-order valence-corrected chi connectivity index (χ0v) is 19.3. The van der Waals surface area contributed by atoms with Crippen molar-refractivity contribution in [1.82, 2.24) is 4.57 Å². The van der Waals surface area contributed by atoms with Gasteiger partial charge < -0.3 is 4.57 Å². The van der Waals surface area contributed by atoms with Gasteiger partial charge in [0, 0.05) is 16.5 Å². The first-order valence-corrected chi connectivity index (χ1v) is 12.4. The maximum Gasteiger partial charge on any atom is 0.0547 e. The second kappa shape index (κ2) is 7.07. The molecule has 0 fully saturated rings. The second-order valence-electron chi connectivity index (χ2n) is 9.70. The maximum atomic E-state index is 2.47. The number of hydrogen-bond acceptors (Lipinski definition) is 0. The average Bonchev–Trinajstić information content (AvgIpc) is 3.27. The van der Waals surface area contributed by atoms with Crippen LogP contribution in [0.3, 0.4) is 0 Å². The van der Waals surface area contributed by atoms with Crippen molar-refractivity contribution in [3.63, 3.8) is 0 Å². The van der Waals surface area contributed by atoms with Crippen LogP contribution in [0, 0.1) is 0 Å². The number of hydrogen-bond donors (Lipinski definition) is 0. The normalized spacial score (nSPS) is 12.9. The van der Waals surface area contributed by atoms with Gasteiger partial charge in [-0.2, -0.15) is 0 Å². The first-order valence-electron chi connectivity index (χ1n) is 12.4. The van der Waals surface area contributed by atoms with Gasteiger partial charge in [0.25, 0.3) is 0 Å². The Bertz CT molecular complexity index is 1950. The molecule has 0 saturated heterocycles. The quantitative estimate of drug-likeness (QED) is 0.238. The van der Waals surface area contributed by atoms with Crippen LogP contribution in [-0.4, -0.2) is 4.57 Å². The van der Waals surface area contributed by atoms with Gasteiger partial charge in [0.05, 0.1) is 11.0 Å². The summed E-state index contributed by atoms with van der Waals surface area (Å²) in [7, 11) is 0. The zero-order valence-electron chi connectivity index (χ0n) is 19.3. The van der Waals surface area contributed by atoms with Crippen molar-refractivity contribution in [2.45, 2.75) is 12.8 Å². The summed E-state index contributed by atoms with van der Waals surface area (Å²) < 4.78 is 2.47. The van der Waals surface area contributed by atoms with Crippen molar-refractivity contribution in [3.8, 4) is 16.8 Å². The van der Waals surface area contributed by atoms with Crippen LogP contribution in [0.15, 0.2) is 115 Å². The molecule has 1 heteroatoms. The van der Waals surface area contributed by atoms with Crippen LogP contribution in [0.2, 0.25) is 0 Å². The van der Waals surface area contributed by atoms with Crippen molar-refractivity contribution in [1.29, 1.82) is 0 Å². The molecule has 0 unspecified atom stereocenters. The van der Waals surface area contributed by atoms with Crippen LogP contribution in [0.1, 0.15) is 11.1 Å². The second-order valence-corrected chi connectivity index (χ2v) is 9.70. The van der Waals surface area contributed by atoms with E-state index in [-0.39, 0.29) is 0 Å². The Morgan fingerprint density at radius 1 is 0.486 bits per heavy atom. The topological polar surface area (TPSA) is 4.93 Å². The summed E-state index contributed by atoms with van der Waals surface area (Å²) in [5, 5.41) is 7.90. The minimum Gasteiger partial charge on any atom is -0.309 e. The highest BCUT2D eigenvalue weighted by molar-refractivity contribution is 6.25. The predicted molar refractivity (Wildman–Crippen MR) is 149 cm³/mol. The van der Waals surface area contributed by atoms with Crippen LogP contribution in [0.5, 0.6) is 0 Å². The van der Waals surface area contributed by atoms with Crippen molar-refractivity contribution < 1.29 is 0 Å². The van der Waals surface area contributed by atoms with Crippen LogP contribution in [0.4, 0.5) is 0 Å². The highest BCUT2D eigenvalue weighted by atomic mass is 15.0. The molecule has 1 aromatic heterocycles. The van der Waals surface area contributed by atoms with Gasteiger partial charge in [-0.25, -0.2) is 0 Å². The van der Waals surface area contributed by atoms with Crippen LogP contribution >= 0.6 is 0 Å². The highest BCUT2D eigenvalue weighted by Gasteiger charge is 2.24. The number of benzene rings is 6. The van der Waals surface area contributed by atoms with Gasteiger partial charge >= 0.3 is 0 Å². The maximum absolute atomic E-state index is 2.47. The van der Waals surface area contributed by atoms with Gasteiger partial charge in [-0.05, 0) is 80.9 Å². The number of aromatic nitrogens is 1. The molecule has 7 aromatic rings. The summed E-state index contributed by atoms with van der Waals surface area (Å²) in [6, 6.07) is 42.6. The fourth-order valence-corrected chi connectivity index (χ4v) is 6.27. The molecule has 0 radical (unpaired) electrons. The number of nitrogens with zero attached hydrogens (tertiary/aromatic N) is 1. The van der Waals surface area contributed by atoms with Gasteiger partial charge in [-0.3, -0.25) is 0 Å². The Morgan fingerprint density at radius 3 is 2.11 bits per heavy atom. The van der Waals surface area contributed by atoms with Gasteiger partial charge in [-0.1, -0.05) is 91.0 Å². The minimum absolute atomic E-state index is 1.09. The Morgan fingerprint density at radius 2 is 1.17 bits per heavy atom. The third-order valence-electron chi connectivity index (χ3n) is 7.85. The standard InChI is InChI=1S/C34H23N/c1-2-10-26-21-27(18-15-22(26)7-1)35-30-19-16-24-9-4-6-12-29(24)33(30)34-31(35)20-17-25-14-13-23-8-3-5-11-28(23)32(25)34/h1-12,15-21H,13-14H2. The van der Waals surface area contributed by atoms with E-state index < -0.39 is 0 Å². The molecule has 164 valence electrons. The summed E-state index contributed by atoms with van der Waals surface area (Å²) in [5.41, 5.74) is 9.49. The summed E-state index contributed by atoms with van der Waals surface area (Å²) in [6.07, 6.45) is 2.20. The first kappa shape index (κ1) is 19.0. The lowest BCUT2D eigenvalue weighted by Gasteiger charge is -2.21. The van der Waals surface area contributed by atoms with Gasteiger partial charge in [-0.15, -0.1) is 0 Å². The predicted octanol–water partition coefficient (Wildman–Crippen LogP) is 8.86. The molecule has 1 heterocycles. The minimum atomic E-state index is 1.09. The summed E-state index contributed by atoms with van der Waals surface area (Å²) in [5.74, 6) is 0. The average molecular weight is 446 g/mol. The molecule has 0 atom stereocenters. The van der Waals surface area contributed by atoms with Gasteiger partial charge in [0.1, 0.15) is 0 Å². The zero-order chi connectivity index (χ0) is 22.9. The van der Waals surface area contributed by atoms with Crippen molar-refractivity contribution >= 4 is 43.4 Å². The molecule has 0 N–H and O–H groups in total. The van der Waals surface area contributed by atoms with E-state index in [9.17, 15) is 0 Å². The number of rotatable bonds is 1. The molecule has 1 nitrogen and oxygen atoms in total. The van der Waals surface area contributed by atoms with Crippen molar-refractivity contribution in [2.24, 2.45) is 0 Å². The summed E-state index contributed by atoms with van der Waals surface area (Å²) in [4.78, 5) is 0. The number of aryl methyl sites for hydroxylation is 2. The molecule has 1 aliphatic rings. The van der Waals surface area contributed by atoms with Crippen LogP contribution < -0.4 is 0 Å². The van der Waals surface area contributed by atoms with Crippen molar-refractivity contribution in [2.75, 3.05) is 0 Å². The molecule has 0 aliphatic heterocycles. The fourth-order valence-electron chi connectivity index (χ4n) is 6.27. The molecule has 1 aliphatic carbocycles. The van der Waals surface area contributed by atoms with Crippen molar-refractivity contribution in [3.05, 3.63) is 126 Å². The Kier molecular flexibility index (Phi) is 3.84. The molecule has 0 spiro atoms. The molecular weight excluding hydrogens is 422 g/mol. The van der Waals surface area contributed by atoms with E-state index in [1.165, 1.54) is 71.3 Å². The van der Waals surface area contributed by atoms with E-state index in [1.807, 2.05) is 0 Å². The van der Waals surface area contributed by atoms with E-state index >= 15 is 0 Å². The molecule has 6 aromatic carbocycles. The Balaban J connectivity index is 1.60. The first-order chi connectivity index (χ1) is 17.4. The molecule has 35 heavy (non-hydrogen) atoms. The monoisotopic (exact) mass is 445 g/mol. The lowest BCUT2D eigenvalue weighted by Crippen LogP contribution is -2.04. The van der Waals surface area contributed by atoms with Gasteiger partial charge in [0.2, 0.25) is 0 Å². The third-order valence-corrected chi connectivity index (χ3v) is 7.85. The lowest BCUT2D eigenvalue weighted by molar-refractivity contribution is 0.945. The molecule has 8 rings (SSSR count). The summed E-state index contributed by atoms with van der Waals surface area (Å²) >= 11 is 0. The van der Waals surface area contributed by atoms with E-state index in [1.54, 1.807) is 0 Å². The fraction of sp³-hybridized carbons (Fsp3) is 0.0588. The van der Waals surface area contributed by atoms with E-state index in [2.05, 4.69) is 120 Å².